The van der Waals surface area contributed by atoms with Crippen LogP contribution in [-0.4, -0.2) is 17.9 Å². The third kappa shape index (κ3) is 1.71. The van der Waals surface area contributed by atoms with E-state index in [1.807, 2.05) is 0 Å². The maximum atomic E-state index is 13.1. The van der Waals surface area contributed by atoms with Gasteiger partial charge in [-0.25, -0.2) is 4.39 Å². The fourth-order valence-electron chi connectivity index (χ4n) is 1.52. The van der Waals surface area contributed by atoms with Crippen LogP contribution in [0.25, 0.3) is 0 Å². The SMILES string of the molecule is NC1CCCC(F)(C(F)(F)F)C1. The van der Waals surface area contributed by atoms with Crippen molar-refractivity contribution >= 4 is 0 Å². The Hall–Kier alpha value is -0.320. The molecule has 1 fully saturated rings. The lowest BCUT2D eigenvalue weighted by Gasteiger charge is -2.34. The number of alkyl halides is 4. The predicted molar refractivity (Wildman–Crippen MR) is 36.3 cm³/mol. The summed E-state index contributed by atoms with van der Waals surface area (Å²) in [5.41, 5.74) is 2.23. The van der Waals surface area contributed by atoms with Crippen LogP contribution < -0.4 is 5.73 Å². The van der Waals surface area contributed by atoms with Crippen molar-refractivity contribution in [2.75, 3.05) is 0 Å². The molecule has 2 atom stereocenters. The van der Waals surface area contributed by atoms with Crippen LogP contribution in [0.5, 0.6) is 0 Å². The van der Waals surface area contributed by atoms with Crippen LogP contribution in [0.2, 0.25) is 0 Å². The van der Waals surface area contributed by atoms with Gasteiger partial charge < -0.3 is 5.73 Å². The second-order valence-electron chi connectivity index (χ2n) is 3.32. The monoisotopic (exact) mass is 185 g/mol. The average Bonchev–Trinajstić information content (AvgIpc) is 1.83. The fraction of sp³-hybridized carbons (Fsp3) is 1.00. The molecule has 1 saturated carbocycles. The molecule has 0 aliphatic heterocycles. The van der Waals surface area contributed by atoms with Crippen molar-refractivity contribution in [3.05, 3.63) is 0 Å². The Morgan fingerprint density at radius 1 is 1.33 bits per heavy atom. The highest BCUT2D eigenvalue weighted by Gasteiger charge is 2.56. The summed E-state index contributed by atoms with van der Waals surface area (Å²) in [5.74, 6) is 0. The summed E-state index contributed by atoms with van der Waals surface area (Å²) >= 11 is 0. The van der Waals surface area contributed by atoms with Crippen LogP contribution in [0.1, 0.15) is 25.7 Å². The molecule has 1 aliphatic carbocycles. The average molecular weight is 185 g/mol. The highest BCUT2D eigenvalue weighted by atomic mass is 19.4. The minimum absolute atomic E-state index is 0.219. The first-order chi connectivity index (χ1) is 5.35. The van der Waals surface area contributed by atoms with Gasteiger partial charge in [0.05, 0.1) is 0 Å². The lowest BCUT2D eigenvalue weighted by atomic mass is 9.83. The molecule has 0 heterocycles. The fourth-order valence-corrected chi connectivity index (χ4v) is 1.52. The maximum Gasteiger partial charge on any atom is 0.422 e. The molecule has 72 valence electrons. The lowest BCUT2D eigenvalue weighted by Crippen LogP contribution is -2.48. The maximum absolute atomic E-state index is 13.1. The summed E-state index contributed by atoms with van der Waals surface area (Å²) in [4.78, 5) is 0. The first-order valence-electron chi connectivity index (χ1n) is 3.86. The molecule has 2 N–H and O–H groups in total. The van der Waals surface area contributed by atoms with Crippen molar-refractivity contribution in [1.29, 1.82) is 0 Å². The Bertz CT molecular complexity index is 167. The summed E-state index contributed by atoms with van der Waals surface area (Å²) < 4.78 is 49.3. The van der Waals surface area contributed by atoms with E-state index in [-0.39, 0.29) is 6.42 Å². The molecule has 0 radical (unpaired) electrons. The zero-order valence-corrected chi connectivity index (χ0v) is 6.49. The second kappa shape index (κ2) is 2.87. The molecule has 0 bridgehead atoms. The summed E-state index contributed by atoms with van der Waals surface area (Å²) in [6.45, 7) is 0. The Kier molecular flexibility index (Phi) is 2.33. The van der Waals surface area contributed by atoms with Crippen molar-refractivity contribution < 1.29 is 17.6 Å². The Labute approximate surface area is 67.9 Å². The van der Waals surface area contributed by atoms with E-state index in [2.05, 4.69) is 0 Å². The van der Waals surface area contributed by atoms with Gasteiger partial charge in [0.1, 0.15) is 0 Å². The number of hydrogen-bond donors (Lipinski definition) is 1. The summed E-state index contributed by atoms with van der Waals surface area (Å²) in [6.07, 6.45) is -5.08. The van der Waals surface area contributed by atoms with E-state index < -0.39 is 30.7 Å². The predicted octanol–water partition coefficient (Wildman–Crippen LogP) is 2.16. The highest BCUT2D eigenvalue weighted by molar-refractivity contribution is 4.94. The van der Waals surface area contributed by atoms with Crippen molar-refractivity contribution in [3.63, 3.8) is 0 Å². The van der Waals surface area contributed by atoms with Gasteiger partial charge in [-0.15, -0.1) is 0 Å². The van der Waals surface area contributed by atoms with E-state index >= 15 is 0 Å². The molecule has 1 aliphatic rings. The Balaban J connectivity index is 2.70. The van der Waals surface area contributed by atoms with E-state index in [1.54, 1.807) is 0 Å². The quantitative estimate of drug-likeness (QED) is 0.575. The van der Waals surface area contributed by atoms with E-state index in [0.29, 0.717) is 6.42 Å². The second-order valence-corrected chi connectivity index (χ2v) is 3.32. The van der Waals surface area contributed by atoms with Crippen molar-refractivity contribution in [2.45, 2.75) is 43.6 Å². The highest BCUT2D eigenvalue weighted by Crippen LogP contribution is 2.44. The molecule has 5 heteroatoms. The minimum Gasteiger partial charge on any atom is -0.328 e. The third-order valence-electron chi connectivity index (χ3n) is 2.24. The molecule has 0 amide bonds. The first-order valence-corrected chi connectivity index (χ1v) is 3.86. The molecular formula is C7H11F4N. The van der Waals surface area contributed by atoms with Gasteiger partial charge in [0.2, 0.25) is 5.67 Å². The van der Waals surface area contributed by atoms with Crippen LogP contribution in [0, 0.1) is 0 Å². The Morgan fingerprint density at radius 2 is 1.92 bits per heavy atom. The summed E-state index contributed by atoms with van der Waals surface area (Å²) in [6, 6.07) is -0.648. The third-order valence-corrected chi connectivity index (χ3v) is 2.24. The topological polar surface area (TPSA) is 26.0 Å². The molecular weight excluding hydrogens is 174 g/mol. The lowest BCUT2D eigenvalue weighted by molar-refractivity contribution is -0.240. The number of hydrogen-bond acceptors (Lipinski definition) is 1. The summed E-state index contributed by atoms with van der Waals surface area (Å²) in [5, 5.41) is 0. The molecule has 1 nitrogen and oxygen atoms in total. The first kappa shape index (κ1) is 9.77. The van der Waals surface area contributed by atoms with Crippen LogP contribution in [0.3, 0.4) is 0 Å². The van der Waals surface area contributed by atoms with Gasteiger partial charge in [0, 0.05) is 12.5 Å². The molecule has 0 aromatic rings. The molecule has 0 spiro atoms. The smallest absolute Gasteiger partial charge is 0.328 e. The van der Waals surface area contributed by atoms with Crippen LogP contribution in [-0.2, 0) is 0 Å². The molecule has 0 saturated heterocycles. The van der Waals surface area contributed by atoms with E-state index in [9.17, 15) is 17.6 Å². The van der Waals surface area contributed by atoms with Crippen molar-refractivity contribution in [3.8, 4) is 0 Å². The van der Waals surface area contributed by atoms with Gasteiger partial charge in [-0.3, -0.25) is 0 Å². The summed E-state index contributed by atoms with van der Waals surface area (Å²) in [7, 11) is 0. The van der Waals surface area contributed by atoms with Crippen molar-refractivity contribution in [2.24, 2.45) is 5.73 Å². The molecule has 2 unspecified atom stereocenters. The largest absolute Gasteiger partial charge is 0.422 e. The van der Waals surface area contributed by atoms with E-state index in [1.165, 1.54) is 0 Å². The number of rotatable bonds is 0. The number of halogens is 4. The molecule has 12 heavy (non-hydrogen) atoms. The zero-order valence-electron chi connectivity index (χ0n) is 6.49. The molecule has 0 aromatic carbocycles. The minimum atomic E-state index is -4.76. The van der Waals surface area contributed by atoms with Gasteiger partial charge >= 0.3 is 6.18 Å². The van der Waals surface area contributed by atoms with Gasteiger partial charge in [0.15, 0.2) is 0 Å². The van der Waals surface area contributed by atoms with Gasteiger partial charge in [-0.2, -0.15) is 13.2 Å². The van der Waals surface area contributed by atoms with Crippen molar-refractivity contribution in [1.82, 2.24) is 0 Å². The normalized spacial score (nSPS) is 38.2. The van der Waals surface area contributed by atoms with Gasteiger partial charge in [-0.05, 0) is 19.3 Å². The van der Waals surface area contributed by atoms with Crippen LogP contribution in [0.4, 0.5) is 17.6 Å². The zero-order chi connectivity index (χ0) is 9.41. The van der Waals surface area contributed by atoms with Crippen LogP contribution >= 0.6 is 0 Å². The van der Waals surface area contributed by atoms with E-state index in [0.717, 1.165) is 0 Å². The number of nitrogens with two attached hydrogens (primary N) is 1. The van der Waals surface area contributed by atoms with E-state index in [4.69, 9.17) is 5.73 Å². The van der Waals surface area contributed by atoms with Crippen LogP contribution in [0.15, 0.2) is 0 Å². The van der Waals surface area contributed by atoms with Gasteiger partial charge in [-0.1, -0.05) is 0 Å². The molecule has 1 rings (SSSR count). The molecule has 0 aromatic heterocycles. The standard InChI is InChI=1S/C7H11F4N/c8-6(7(9,10)11)3-1-2-5(12)4-6/h5H,1-4,12H2. The Morgan fingerprint density at radius 3 is 2.25 bits per heavy atom. The van der Waals surface area contributed by atoms with Gasteiger partial charge in [0.25, 0.3) is 0 Å².